The van der Waals surface area contributed by atoms with Crippen molar-refractivity contribution in [2.45, 2.75) is 44.8 Å². The number of anilines is 1. The molecule has 2 heterocycles. The van der Waals surface area contributed by atoms with Crippen LogP contribution in [-0.2, 0) is 0 Å². The van der Waals surface area contributed by atoms with Gasteiger partial charge in [0.15, 0.2) is 11.4 Å². The van der Waals surface area contributed by atoms with Gasteiger partial charge in [0.25, 0.3) is 0 Å². The second-order valence-corrected chi connectivity index (χ2v) is 7.44. The maximum atomic E-state index is 11.2. The number of nitrogens with zero attached hydrogens (tertiary/aromatic N) is 2. The summed E-state index contributed by atoms with van der Waals surface area (Å²) in [4.78, 5) is 19.1. The first-order valence-corrected chi connectivity index (χ1v) is 8.88. The van der Waals surface area contributed by atoms with Crippen LogP contribution in [0.1, 0.15) is 54.9 Å². The molecule has 0 spiro atoms. The highest BCUT2D eigenvalue weighted by Gasteiger charge is 2.24. The number of carbonyl (C=O) groups excluding carboxylic acids is 1. The van der Waals surface area contributed by atoms with Gasteiger partial charge in [-0.05, 0) is 18.8 Å². The predicted octanol–water partition coefficient (Wildman–Crippen LogP) is 3.80. The highest BCUT2D eigenvalue weighted by Crippen LogP contribution is 2.33. The minimum absolute atomic E-state index is 0.367. The van der Waals surface area contributed by atoms with Crippen LogP contribution in [-0.4, -0.2) is 35.4 Å². The second kappa shape index (κ2) is 6.75. The molecule has 0 aromatic carbocycles. The van der Waals surface area contributed by atoms with Gasteiger partial charge < -0.3 is 4.90 Å². The summed E-state index contributed by atoms with van der Waals surface area (Å²) in [5, 5.41) is 1.74. The highest BCUT2D eigenvalue weighted by atomic mass is 32.2. The third-order valence-electron chi connectivity index (χ3n) is 3.72. The standard InChI is InChI=1S/C14H22N2OS2/c1-4-10(3)13-12(9-17)19-14(15-13)16-6-7-18-11(5-2)8-16/h9-11H,4-8H2,1-3H3. The van der Waals surface area contributed by atoms with Crippen LogP contribution in [0.15, 0.2) is 0 Å². The van der Waals surface area contributed by atoms with E-state index in [2.05, 4.69) is 37.4 Å². The first kappa shape index (κ1) is 14.9. The van der Waals surface area contributed by atoms with Gasteiger partial charge in [0, 0.05) is 24.1 Å². The van der Waals surface area contributed by atoms with E-state index < -0.39 is 0 Å². The molecule has 0 amide bonds. The van der Waals surface area contributed by atoms with Crippen LogP contribution in [0.25, 0.3) is 0 Å². The molecule has 0 N–H and O–H groups in total. The molecule has 106 valence electrons. The lowest BCUT2D eigenvalue weighted by atomic mass is 10.0. The Kier molecular flexibility index (Phi) is 5.28. The molecule has 1 saturated heterocycles. The zero-order valence-corrected chi connectivity index (χ0v) is 13.5. The molecule has 1 aromatic rings. The number of carbonyl (C=O) groups is 1. The van der Waals surface area contributed by atoms with Gasteiger partial charge in [0.1, 0.15) is 0 Å². The summed E-state index contributed by atoms with van der Waals surface area (Å²) in [5.41, 5.74) is 0.990. The number of rotatable bonds is 5. The van der Waals surface area contributed by atoms with Gasteiger partial charge in [-0.1, -0.05) is 32.1 Å². The topological polar surface area (TPSA) is 33.2 Å². The Morgan fingerprint density at radius 3 is 2.95 bits per heavy atom. The molecule has 5 heteroatoms. The third-order valence-corrected chi connectivity index (χ3v) is 6.15. The summed E-state index contributed by atoms with van der Waals surface area (Å²) < 4.78 is 0. The summed E-state index contributed by atoms with van der Waals surface area (Å²) in [6.07, 6.45) is 3.20. The molecule has 2 rings (SSSR count). The van der Waals surface area contributed by atoms with Gasteiger partial charge in [-0.25, -0.2) is 4.98 Å². The van der Waals surface area contributed by atoms with Crippen LogP contribution < -0.4 is 4.90 Å². The average molecular weight is 298 g/mol. The second-order valence-electron chi connectivity index (χ2n) is 5.02. The Bertz CT molecular complexity index is 433. The van der Waals surface area contributed by atoms with E-state index in [1.165, 1.54) is 6.42 Å². The van der Waals surface area contributed by atoms with E-state index in [1.54, 1.807) is 11.3 Å². The normalized spacial score (nSPS) is 21.4. The largest absolute Gasteiger partial charge is 0.346 e. The van der Waals surface area contributed by atoms with Crippen molar-refractivity contribution in [3.8, 4) is 0 Å². The number of aldehydes is 1. The van der Waals surface area contributed by atoms with Gasteiger partial charge in [-0.15, -0.1) is 0 Å². The molecule has 1 fully saturated rings. The smallest absolute Gasteiger partial charge is 0.186 e. The Morgan fingerprint density at radius 1 is 1.53 bits per heavy atom. The van der Waals surface area contributed by atoms with Gasteiger partial charge in [-0.2, -0.15) is 11.8 Å². The lowest BCUT2D eigenvalue weighted by Gasteiger charge is -2.31. The fourth-order valence-electron chi connectivity index (χ4n) is 2.24. The number of thiazole rings is 1. The van der Waals surface area contributed by atoms with E-state index in [4.69, 9.17) is 4.98 Å². The molecule has 3 nitrogen and oxygen atoms in total. The van der Waals surface area contributed by atoms with Crippen LogP contribution in [0.4, 0.5) is 5.13 Å². The molecule has 2 atom stereocenters. The van der Waals surface area contributed by atoms with Crippen LogP contribution in [0.2, 0.25) is 0 Å². The van der Waals surface area contributed by atoms with Crippen molar-refractivity contribution in [2.75, 3.05) is 23.7 Å². The summed E-state index contributed by atoms with van der Waals surface area (Å²) in [6.45, 7) is 8.64. The summed E-state index contributed by atoms with van der Waals surface area (Å²) in [5.74, 6) is 1.53. The van der Waals surface area contributed by atoms with E-state index >= 15 is 0 Å². The Hall–Kier alpha value is -0.550. The minimum atomic E-state index is 0.367. The number of hydrogen-bond donors (Lipinski definition) is 0. The van der Waals surface area contributed by atoms with Crippen molar-refractivity contribution in [1.29, 1.82) is 0 Å². The van der Waals surface area contributed by atoms with E-state index in [1.807, 2.05) is 0 Å². The van der Waals surface area contributed by atoms with Crippen molar-refractivity contribution in [3.63, 3.8) is 0 Å². The summed E-state index contributed by atoms with van der Waals surface area (Å²) >= 11 is 3.61. The van der Waals surface area contributed by atoms with Gasteiger partial charge in [0.05, 0.1) is 10.6 Å². The Balaban J connectivity index is 2.20. The molecule has 0 bridgehead atoms. The minimum Gasteiger partial charge on any atom is -0.346 e. The maximum absolute atomic E-state index is 11.2. The fourth-order valence-corrected chi connectivity index (χ4v) is 4.45. The first-order valence-electron chi connectivity index (χ1n) is 7.02. The molecule has 19 heavy (non-hydrogen) atoms. The molecule has 0 saturated carbocycles. The predicted molar refractivity (Wildman–Crippen MR) is 85.0 cm³/mol. The third kappa shape index (κ3) is 3.31. The van der Waals surface area contributed by atoms with Crippen molar-refractivity contribution >= 4 is 34.5 Å². The molecular formula is C14H22N2OS2. The van der Waals surface area contributed by atoms with E-state index in [9.17, 15) is 4.79 Å². The number of aromatic nitrogens is 1. The van der Waals surface area contributed by atoms with Crippen molar-refractivity contribution in [2.24, 2.45) is 0 Å². The summed E-state index contributed by atoms with van der Waals surface area (Å²) in [7, 11) is 0. The Labute approximate surface area is 123 Å². The van der Waals surface area contributed by atoms with Gasteiger partial charge >= 0.3 is 0 Å². The molecule has 1 aromatic heterocycles. The SMILES string of the molecule is CCC1CN(c2nc(C(C)CC)c(C=O)s2)CCS1. The lowest BCUT2D eigenvalue weighted by molar-refractivity contribution is 0.112. The van der Waals surface area contributed by atoms with Crippen molar-refractivity contribution in [3.05, 3.63) is 10.6 Å². The fraction of sp³-hybridized carbons (Fsp3) is 0.714. The van der Waals surface area contributed by atoms with E-state index in [-0.39, 0.29) is 0 Å². The molecule has 2 unspecified atom stereocenters. The van der Waals surface area contributed by atoms with E-state index in [0.29, 0.717) is 11.2 Å². The zero-order chi connectivity index (χ0) is 13.8. The van der Waals surface area contributed by atoms with Gasteiger partial charge in [0.2, 0.25) is 0 Å². The molecule has 1 aliphatic rings. The molecule has 0 aliphatic carbocycles. The number of thioether (sulfide) groups is 1. The quantitative estimate of drug-likeness (QED) is 0.774. The Morgan fingerprint density at radius 2 is 2.32 bits per heavy atom. The maximum Gasteiger partial charge on any atom is 0.186 e. The first-order chi connectivity index (χ1) is 9.19. The average Bonchev–Trinajstić information content (AvgIpc) is 2.90. The monoisotopic (exact) mass is 298 g/mol. The van der Waals surface area contributed by atoms with Crippen molar-refractivity contribution in [1.82, 2.24) is 4.98 Å². The highest BCUT2D eigenvalue weighted by molar-refractivity contribution is 8.00. The van der Waals surface area contributed by atoms with Crippen LogP contribution in [0.3, 0.4) is 0 Å². The van der Waals surface area contributed by atoms with E-state index in [0.717, 1.165) is 47.3 Å². The van der Waals surface area contributed by atoms with Crippen LogP contribution >= 0.6 is 23.1 Å². The number of hydrogen-bond acceptors (Lipinski definition) is 5. The summed E-state index contributed by atoms with van der Waals surface area (Å²) in [6, 6.07) is 0. The van der Waals surface area contributed by atoms with Crippen LogP contribution in [0.5, 0.6) is 0 Å². The molecule has 1 aliphatic heterocycles. The van der Waals surface area contributed by atoms with Crippen LogP contribution in [0, 0.1) is 0 Å². The van der Waals surface area contributed by atoms with Gasteiger partial charge in [-0.3, -0.25) is 4.79 Å². The molecular weight excluding hydrogens is 276 g/mol. The zero-order valence-electron chi connectivity index (χ0n) is 11.9. The lowest BCUT2D eigenvalue weighted by Crippen LogP contribution is -2.37. The molecule has 0 radical (unpaired) electrons. The van der Waals surface area contributed by atoms with Crippen molar-refractivity contribution < 1.29 is 4.79 Å².